The van der Waals surface area contributed by atoms with E-state index in [1.807, 2.05) is 37.3 Å². The van der Waals surface area contributed by atoms with Crippen LogP contribution in [0.3, 0.4) is 0 Å². The highest BCUT2D eigenvalue weighted by atomic mass is 35.5. The van der Waals surface area contributed by atoms with Gasteiger partial charge in [0.1, 0.15) is 0 Å². The summed E-state index contributed by atoms with van der Waals surface area (Å²) in [5.41, 5.74) is 1.24. The number of hydrogen-bond donors (Lipinski definition) is 0. The molecule has 0 fully saturated rings. The van der Waals surface area contributed by atoms with Crippen LogP contribution in [-0.2, 0) is 35.1 Å². The van der Waals surface area contributed by atoms with Gasteiger partial charge < -0.3 is 14.0 Å². The number of alkyl halides is 3. The molecule has 0 spiro atoms. The van der Waals surface area contributed by atoms with Crippen molar-refractivity contribution in [3.8, 4) is 5.69 Å². The van der Waals surface area contributed by atoms with Gasteiger partial charge in [0.25, 0.3) is 0 Å². The van der Waals surface area contributed by atoms with E-state index in [9.17, 15) is 18.0 Å². The molecular weight excluding hydrogens is 467 g/mol. The van der Waals surface area contributed by atoms with Crippen LogP contribution in [-0.4, -0.2) is 23.2 Å². The Morgan fingerprint density at radius 3 is 2.41 bits per heavy atom. The highest BCUT2D eigenvalue weighted by Gasteiger charge is 2.36. The minimum Gasteiger partial charge on any atom is -0.462 e. The van der Waals surface area contributed by atoms with E-state index in [4.69, 9.17) is 21.1 Å². The Morgan fingerprint density at radius 1 is 1.09 bits per heavy atom. The number of nitrogens with zero attached hydrogens (tertiary/aromatic N) is 1. The number of carbonyl (C=O) groups is 1. The van der Waals surface area contributed by atoms with E-state index >= 15 is 0 Å². The van der Waals surface area contributed by atoms with E-state index in [0.29, 0.717) is 30.8 Å². The number of esters is 1. The van der Waals surface area contributed by atoms with Crippen molar-refractivity contribution in [3.63, 3.8) is 0 Å². The molecule has 0 aliphatic rings. The number of aromatic nitrogens is 1. The van der Waals surface area contributed by atoms with E-state index in [1.54, 1.807) is 19.9 Å². The summed E-state index contributed by atoms with van der Waals surface area (Å²) < 4.78 is 54.5. The van der Waals surface area contributed by atoms with Crippen LogP contribution in [0.15, 0.2) is 54.6 Å². The standard InChI is InChI=1S/C26H27ClF3NO3/c1-4-23-21(25(32)33-5-2)15-20(13-17(3)34-16-18-9-7-6-8-10-18)31(23)24-12-11-19(27)14-22(24)26(28,29)30/h6-12,14-15,17H,4-5,13,16H2,1-3H3. The van der Waals surface area contributed by atoms with Crippen molar-refractivity contribution in [1.82, 2.24) is 4.57 Å². The molecule has 1 unspecified atom stereocenters. The molecule has 0 aliphatic heterocycles. The second-order valence-corrected chi connectivity index (χ2v) is 8.31. The van der Waals surface area contributed by atoms with Crippen LogP contribution >= 0.6 is 11.6 Å². The molecule has 0 aliphatic carbocycles. The maximum atomic E-state index is 14.0. The number of hydrogen-bond acceptors (Lipinski definition) is 3. The Bertz CT molecular complexity index is 1130. The summed E-state index contributed by atoms with van der Waals surface area (Å²) in [4.78, 5) is 12.6. The topological polar surface area (TPSA) is 40.5 Å². The van der Waals surface area contributed by atoms with Crippen LogP contribution in [0.5, 0.6) is 0 Å². The molecule has 4 nitrogen and oxygen atoms in total. The zero-order chi connectivity index (χ0) is 24.9. The van der Waals surface area contributed by atoms with E-state index in [2.05, 4.69) is 0 Å². The van der Waals surface area contributed by atoms with Gasteiger partial charge in [-0.25, -0.2) is 4.79 Å². The maximum Gasteiger partial charge on any atom is 0.418 e. The van der Waals surface area contributed by atoms with Gasteiger partial charge in [-0.1, -0.05) is 48.9 Å². The quantitative estimate of drug-likeness (QED) is 0.300. The summed E-state index contributed by atoms with van der Waals surface area (Å²) in [5.74, 6) is -0.570. The molecule has 0 amide bonds. The van der Waals surface area contributed by atoms with Gasteiger partial charge in [0.2, 0.25) is 0 Å². The lowest BCUT2D eigenvalue weighted by molar-refractivity contribution is -0.137. The Hall–Kier alpha value is -2.77. The van der Waals surface area contributed by atoms with E-state index < -0.39 is 17.7 Å². The van der Waals surface area contributed by atoms with Gasteiger partial charge in [-0.3, -0.25) is 0 Å². The van der Waals surface area contributed by atoms with Crippen molar-refractivity contribution >= 4 is 17.6 Å². The number of carbonyl (C=O) groups excluding carboxylic acids is 1. The first kappa shape index (κ1) is 25.8. The number of rotatable bonds is 9. The SMILES string of the molecule is CCOC(=O)c1cc(CC(C)OCc2ccccc2)n(-c2ccc(Cl)cc2C(F)(F)F)c1CC. The second-order valence-electron chi connectivity index (χ2n) is 7.88. The average molecular weight is 494 g/mol. The molecule has 3 rings (SSSR count). The fourth-order valence-corrected chi connectivity index (χ4v) is 4.06. The summed E-state index contributed by atoms with van der Waals surface area (Å²) in [7, 11) is 0. The van der Waals surface area contributed by atoms with Crippen molar-refractivity contribution in [2.45, 2.75) is 52.5 Å². The summed E-state index contributed by atoms with van der Waals surface area (Å²) in [6.45, 7) is 5.85. The lowest BCUT2D eigenvalue weighted by atomic mass is 10.1. The first-order valence-electron chi connectivity index (χ1n) is 11.1. The van der Waals surface area contributed by atoms with Gasteiger partial charge in [0.15, 0.2) is 0 Å². The first-order chi connectivity index (χ1) is 16.2. The Kier molecular flexibility index (Phi) is 8.44. The number of ether oxygens (including phenoxy) is 2. The van der Waals surface area contributed by atoms with Crippen LogP contribution in [0, 0.1) is 0 Å². The molecule has 34 heavy (non-hydrogen) atoms. The highest BCUT2D eigenvalue weighted by molar-refractivity contribution is 6.30. The maximum absolute atomic E-state index is 14.0. The third kappa shape index (κ3) is 6.02. The predicted octanol–water partition coefficient (Wildman–Crippen LogP) is 7.04. The monoisotopic (exact) mass is 493 g/mol. The summed E-state index contributed by atoms with van der Waals surface area (Å²) in [5, 5.41) is -0.0204. The van der Waals surface area contributed by atoms with Gasteiger partial charge in [0, 0.05) is 22.8 Å². The minimum atomic E-state index is -4.63. The van der Waals surface area contributed by atoms with Gasteiger partial charge in [0.05, 0.1) is 36.1 Å². The van der Waals surface area contributed by atoms with Crippen molar-refractivity contribution in [1.29, 1.82) is 0 Å². The first-order valence-corrected chi connectivity index (χ1v) is 11.5. The summed E-state index contributed by atoms with van der Waals surface area (Å²) >= 11 is 5.90. The van der Waals surface area contributed by atoms with Crippen LogP contribution < -0.4 is 0 Å². The lowest BCUT2D eigenvalue weighted by Gasteiger charge is -2.21. The minimum absolute atomic E-state index is 0.0204. The average Bonchev–Trinajstić information content (AvgIpc) is 3.16. The summed E-state index contributed by atoms with van der Waals surface area (Å²) in [6, 6.07) is 14.9. The molecule has 0 saturated heterocycles. The smallest absolute Gasteiger partial charge is 0.418 e. The largest absolute Gasteiger partial charge is 0.462 e. The molecule has 0 bridgehead atoms. The molecule has 3 aromatic rings. The third-order valence-electron chi connectivity index (χ3n) is 5.39. The van der Waals surface area contributed by atoms with Crippen molar-refractivity contribution in [3.05, 3.63) is 87.7 Å². The Morgan fingerprint density at radius 2 is 1.79 bits per heavy atom. The normalized spacial score (nSPS) is 12.6. The molecule has 1 heterocycles. The summed E-state index contributed by atoms with van der Waals surface area (Å²) in [6.07, 6.45) is -4.34. The van der Waals surface area contributed by atoms with E-state index in [1.165, 1.54) is 16.7 Å². The zero-order valence-electron chi connectivity index (χ0n) is 19.3. The fraction of sp³-hybridized carbons (Fsp3) is 0.346. The molecule has 0 radical (unpaired) electrons. The molecule has 8 heteroatoms. The Labute approximate surface area is 202 Å². The van der Waals surface area contributed by atoms with Gasteiger partial charge in [-0.2, -0.15) is 13.2 Å². The molecule has 0 saturated carbocycles. The molecule has 1 aromatic heterocycles. The van der Waals surface area contributed by atoms with Gasteiger partial charge >= 0.3 is 12.1 Å². The molecule has 1 atom stereocenters. The van der Waals surface area contributed by atoms with Gasteiger partial charge in [-0.15, -0.1) is 0 Å². The van der Waals surface area contributed by atoms with Crippen molar-refractivity contribution < 1.29 is 27.4 Å². The molecule has 182 valence electrons. The molecular formula is C26H27ClF3NO3. The van der Waals surface area contributed by atoms with Crippen molar-refractivity contribution in [2.24, 2.45) is 0 Å². The van der Waals surface area contributed by atoms with E-state index in [-0.39, 0.29) is 29.0 Å². The zero-order valence-corrected chi connectivity index (χ0v) is 20.0. The fourth-order valence-electron chi connectivity index (χ4n) is 3.89. The molecule has 0 N–H and O–H groups in total. The third-order valence-corrected chi connectivity index (χ3v) is 5.62. The molecule has 2 aromatic carbocycles. The van der Waals surface area contributed by atoms with Crippen LogP contribution in [0.4, 0.5) is 13.2 Å². The van der Waals surface area contributed by atoms with Crippen LogP contribution in [0.2, 0.25) is 5.02 Å². The second kappa shape index (κ2) is 11.1. The predicted molar refractivity (Wildman–Crippen MR) is 126 cm³/mol. The number of halogens is 4. The van der Waals surface area contributed by atoms with E-state index in [0.717, 1.165) is 11.6 Å². The lowest BCUT2D eigenvalue weighted by Crippen LogP contribution is -2.18. The van der Waals surface area contributed by atoms with Crippen LogP contribution in [0.1, 0.15) is 53.6 Å². The Balaban J connectivity index is 2.06. The van der Waals surface area contributed by atoms with Crippen LogP contribution in [0.25, 0.3) is 5.69 Å². The van der Waals surface area contributed by atoms with Crippen molar-refractivity contribution in [2.75, 3.05) is 6.61 Å². The van der Waals surface area contributed by atoms with Gasteiger partial charge in [-0.05, 0) is 50.1 Å². The number of benzene rings is 2. The highest BCUT2D eigenvalue weighted by Crippen LogP contribution is 2.38.